The summed E-state index contributed by atoms with van der Waals surface area (Å²) in [6.07, 6.45) is 2.90. The van der Waals surface area contributed by atoms with Crippen molar-refractivity contribution in [3.63, 3.8) is 0 Å². The van der Waals surface area contributed by atoms with E-state index in [0.29, 0.717) is 0 Å². The van der Waals surface area contributed by atoms with Crippen molar-refractivity contribution < 1.29 is 4.79 Å². The Bertz CT molecular complexity index is 163. The van der Waals surface area contributed by atoms with Crippen LogP contribution in [0, 0.1) is 5.41 Å². The minimum absolute atomic E-state index is 0.118. The second kappa shape index (κ2) is 3.30. The summed E-state index contributed by atoms with van der Waals surface area (Å²) in [5.74, 6) is -0.118. The molecule has 1 amide bonds. The van der Waals surface area contributed by atoms with Gasteiger partial charge in [0.1, 0.15) is 0 Å². The van der Waals surface area contributed by atoms with E-state index in [1.807, 2.05) is 20.8 Å². The summed E-state index contributed by atoms with van der Waals surface area (Å²) in [6.45, 7) is 8.90. The number of allylic oxidation sites excluding steroid dienone is 1. The number of hydrogen-bond acceptors (Lipinski definition) is 1. The average molecular weight is 139 g/mol. The van der Waals surface area contributed by atoms with E-state index in [0.717, 1.165) is 0 Å². The molecule has 0 bridgehead atoms. The second-order valence-electron chi connectivity index (χ2n) is 3.07. The summed E-state index contributed by atoms with van der Waals surface area (Å²) in [5.41, 5.74) is -0.375. The largest absolute Gasteiger partial charge is 0.272 e. The van der Waals surface area contributed by atoms with Gasteiger partial charge in [-0.3, -0.25) is 4.79 Å². The summed E-state index contributed by atoms with van der Waals surface area (Å²) in [7, 11) is 0. The first-order valence-corrected chi connectivity index (χ1v) is 3.18. The van der Waals surface area contributed by atoms with Crippen LogP contribution in [0.15, 0.2) is 17.6 Å². The maximum absolute atomic E-state index is 11.0. The number of aliphatic imine (C=N–C) groups is 1. The van der Waals surface area contributed by atoms with E-state index in [1.165, 1.54) is 12.3 Å². The Morgan fingerprint density at radius 2 is 2.00 bits per heavy atom. The molecule has 0 saturated heterocycles. The highest BCUT2D eigenvalue weighted by molar-refractivity contribution is 5.91. The van der Waals surface area contributed by atoms with Gasteiger partial charge < -0.3 is 0 Å². The molecule has 0 aliphatic rings. The summed E-state index contributed by atoms with van der Waals surface area (Å²) in [5, 5.41) is 0. The van der Waals surface area contributed by atoms with Gasteiger partial charge in [0.05, 0.1) is 0 Å². The fourth-order valence-corrected chi connectivity index (χ4v) is 0.314. The number of nitrogens with zero attached hydrogens (tertiary/aromatic N) is 1. The van der Waals surface area contributed by atoms with Crippen molar-refractivity contribution in [3.8, 4) is 0 Å². The average Bonchev–Trinajstić information content (AvgIpc) is 1.80. The van der Waals surface area contributed by atoms with Gasteiger partial charge in [0.2, 0.25) is 0 Å². The number of carbonyl (C=O) groups excluding carboxylic acids is 1. The molecule has 0 fully saturated rings. The third-order valence-electron chi connectivity index (χ3n) is 0.939. The number of rotatable bonds is 1. The van der Waals surface area contributed by atoms with Gasteiger partial charge in [-0.2, -0.15) is 0 Å². The van der Waals surface area contributed by atoms with Crippen molar-refractivity contribution in [2.24, 2.45) is 10.4 Å². The van der Waals surface area contributed by atoms with Gasteiger partial charge in [0.15, 0.2) is 0 Å². The fourth-order valence-electron chi connectivity index (χ4n) is 0.314. The molecule has 0 rings (SSSR count). The van der Waals surface area contributed by atoms with Crippen molar-refractivity contribution >= 4 is 12.1 Å². The maximum Gasteiger partial charge on any atom is 0.251 e. The Balaban J connectivity index is 4.11. The molecule has 0 N–H and O–H groups in total. The molecule has 56 valence electrons. The molecule has 0 aromatic heterocycles. The van der Waals surface area contributed by atoms with Crippen molar-refractivity contribution in [1.82, 2.24) is 0 Å². The van der Waals surface area contributed by atoms with Crippen molar-refractivity contribution in [3.05, 3.63) is 12.7 Å². The molecule has 2 nitrogen and oxygen atoms in total. The Labute approximate surface area is 61.7 Å². The maximum atomic E-state index is 11.0. The van der Waals surface area contributed by atoms with E-state index < -0.39 is 0 Å². The van der Waals surface area contributed by atoms with E-state index in [4.69, 9.17) is 0 Å². The van der Waals surface area contributed by atoms with E-state index >= 15 is 0 Å². The van der Waals surface area contributed by atoms with Crippen LogP contribution in [-0.4, -0.2) is 12.1 Å². The summed E-state index contributed by atoms with van der Waals surface area (Å²) >= 11 is 0. The van der Waals surface area contributed by atoms with Crippen LogP contribution in [0.25, 0.3) is 0 Å². The molecule has 0 radical (unpaired) electrons. The molecule has 0 unspecified atom stereocenters. The van der Waals surface area contributed by atoms with Gasteiger partial charge in [0, 0.05) is 11.6 Å². The third-order valence-corrected chi connectivity index (χ3v) is 0.939. The zero-order valence-electron chi connectivity index (χ0n) is 6.72. The predicted octanol–water partition coefficient (Wildman–Crippen LogP) is 1.82. The van der Waals surface area contributed by atoms with Gasteiger partial charge in [-0.1, -0.05) is 33.4 Å². The highest BCUT2D eigenvalue weighted by atomic mass is 16.1. The van der Waals surface area contributed by atoms with Gasteiger partial charge in [-0.15, -0.1) is 0 Å². The normalized spacial score (nSPS) is 11.9. The van der Waals surface area contributed by atoms with Crippen LogP contribution in [0.2, 0.25) is 0 Å². The van der Waals surface area contributed by atoms with Gasteiger partial charge in [-0.05, 0) is 0 Å². The molecule has 0 aliphatic heterocycles. The SMILES string of the molecule is C=CC=NC(=O)C(C)(C)C. The van der Waals surface area contributed by atoms with E-state index in [9.17, 15) is 4.79 Å². The van der Waals surface area contributed by atoms with Crippen LogP contribution in [0.4, 0.5) is 0 Å². The lowest BCUT2D eigenvalue weighted by Crippen LogP contribution is -2.17. The standard InChI is InChI=1S/C8H13NO/c1-5-6-9-7(10)8(2,3)4/h5-6H,1H2,2-4H3. The minimum Gasteiger partial charge on any atom is -0.272 e. The molecule has 0 saturated carbocycles. The molecule has 0 atom stereocenters. The first-order valence-electron chi connectivity index (χ1n) is 3.18. The predicted molar refractivity (Wildman–Crippen MR) is 43.2 cm³/mol. The van der Waals surface area contributed by atoms with Crippen molar-refractivity contribution in [1.29, 1.82) is 0 Å². The van der Waals surface area contributed by atoms with Crippen LogP contribution >= 0.6 is 0 Å². The van der Waals surface area contributed by atoms with Gasteiger partial charge in [-0.25, -0.2) is 4.99 Å². The zero-order chi connectivity index (χ0) is 8.20. The van der Waals surface area contributed by atoms with E-state index in [-0.39, 0.29) is 11.3 Å². The van der Waals surface area contributed by atoms with Crippen LogP contribution in [0.1, 0.15) is 20.8 Å². The first kappa shape index (κ1) is 9.08. The van der Waals surface area contributed by atoms with Crippen LogP contribution in [0.5, 0.6) is 0 Å². The smallest absolute Gasteiger partial charge is 0.251 e. The molecule has 2 heteroatoms. The second-order valence-corrected chi connectivity index (χ2v) is 3.07. The Hall–Kier alpha value is -0.920. The molecular formula is C8H13NO. The van der Waals surface area contributed by atoms with Crippen LogP contribution in [-0.2, 0) is 4.79 Å². The molecule has 0 heterocycles. The van der Waals surface area contributed by atoms with E-state index in [2.05, 4.69) is 11.6 Å². The fraction of sp³-hybridized carbons (Fsp3) is 0.500. The number of hydrogen-bond donors (Lipinski definition) is 0. The molecule has 0 spiro atoms. The van der Waals surface area contributed by atoms with Crippen molar-refractivity contribution in [2.75, 3.05) is 0 Å². The Kier molecular flexibility index (Phi) is 3.00. The van der Waals surface area contributed by atoms with Crippen molar-refractivity contribution in [2.45, 2.75) is 20.8 Å². The Morgan fingerprint density at radius 3 is 2.30 bits per heavy atom. The molecule has 10 heavy (non-hydrogen) atoms. The zero-order valence-corrected chi connectivity index (χ0v) is 6.72. The number of carbonyl (C=O) groups is 1. The molecule has 0 aromatic carbocycles. The molecular weight excluding hydrogens is 126 g/mol. The van der Waals surface area contributed by atoms with Gasteiger partial charge >= 0.3 is 0 Å². The Morgan fingerprint density at radius 1 is 1.50 bits per heavy atom. The summed E-state index contributed by atoms with van der Waals surface area (Å²) < 4.78 is 0. The lowest BCUT2D eigenvalue weighted by Gasteiger charge is -2.11. The monoisotopic (exact) mass is 139 g/mol. The quantitative estimate of drug-likeness (QED) is 0.509. The first-order chi connectivity index (χ1) is 4.48. The molecule has 0 aliphatic carbocycles. The highest BCUT2D eigenvalue weighted by Crippen LogP contribution is 2.14. The third kappa shape index (κ3) is 3.17. The topological polar surface area (TPSA) is 29.4 Å². The highest BCUT2D eigenvalue weighted by Gasteiger charge is 2.19. The van der Waals surface area contributed by atoms with Crippen LogP contribution in [0.3, 0.4) is 0 Å². The minimum atomic E-state index is -0.375. The van der Waals surface area contributed by atoms with E-state index in [1.54, 1.807) is 0 Å². The summed E-state index contributed by atoms with van der Waals surface area (Å²) in [4.78, 5) is 14.6. The lowest BCUT2D eigenvalue weighted by molar-refractivity contribution is -0.124. The molecule has 0 aromatic rings. The lowest BCUT2D eigenvalue weighted by atomic mass is 9.96. The van der Waals surface area contributed by atoms with Gasteiger partial charge in [0.25, 0.3) is 5.91 Å². The summed E-state index contributed by atoms with van der Waals surface area (Å²) in [6, 6.07) is 0. The van der Waals surface area contributed by atoms with Crippen LogP contribution < -0.4 is 0 Å². The number of amides is 1.